The number of nitrogens with one attached hydrogen (secondary N) is 1. The molecule has 0 atom stereocenters. The first-order valence-corrected chi connectivity index (χ1v) is 11.3. The lowest BCUT2D eigenvalue weighted by Crippen LogP contribution is -2.23. The fourth-order valence-electron chi connectivity index (χ4n) is 3.22. The summed E-state index contributed by atoms with van der Waals surface area (Å²) in [6.45, 7) is 0. The number of esters is 1. The Balaban J connectivity index is 1.71. The van der Waals surface area contributed by atoms with E-state index in [1.165, 1.54) is 42.0 Å². The second-order valence-corrected chi connectivity index (χ2v) is 8.40. The molecule has 1 aromatic heterocycles. The van der Waals surface area contributed by atoms with Gasteiger partial charge >= 0.3 is 5.97 Å². The van der Waals surface area contributed by atoms with Crippen molar-refractivity contribution < 1.29 is 18.7 Å². The van der Waals surface area contributed by atoms with Gasteiger partial charge < -0.3 is 10.1 Å². The van der Waals surface area contributed by atoms with Crippen LogP contribution in [0.3, 0.4) is 0 Å². The largest absolute Gasteiger partial charge is 0.465 e. The molecule has 0 unspecified atom stereocenters. The molecule has 0 saturated heterocycles. The summed E-state index contributed by atoms with van der Waals surface area (Å²) in [6, 6.07) is 17.0. The topological polar surface area (TPSA) is 90.3 Å². The van der Waals surface area contributed by atoms with E-state index in [9.17, 15) is 18.8 Å². The maximum atomic E-state index is 13.4. The first-order chi connectivity index (χ1) is 16.4. The van der Waals surface area contributed by atoms with Crippen LogP contribution in [0.15, 0.2) is 76.7 Å². The lowest BCUT2D eigenvalue weighted by Gasteiger charge is -2.14. The molecule has 1 N–H and O–H groups in total. The van der Waals surface area contributed by atoms with Gasteiger partial charge in [-0.05, 0) is 48.5 Å². The van der Waals surface area contributed by atoms with Gasteiger partial charge in [-0.25, -0.2) is 14.2 Å². The minimum Gasteiger partial charge on any atom is -0.465 e. The molecule has 1 amide bonds. The summed E-state index contributed by atoms with van der Waals surface area (Å²) in [5.41, 5.74) is 1.03. The quantitative estimate of drug-likeness (QED) is 0.236. The van der Waals surface area contributed by atoms with E-state index in [4.69, 9.17) is 16.3 Å². The van der Waals surface area contributed by atoms with Crippen molar-refractivity contribution in [2.45, 2.75) is 5.16 Å². The zero-order chi connectivity index (χ0) is 24.2. The SMILES string of the molecule is COC(=O)c1ccc2c(=O)n(-c3ccccc3)c(SCC(=O)Nc3ccc(F)cc3Cl)nc2c1. The lowest BCUT2D eigenvalue weighted by atomic mass is 10.1. The molecule has 0 fully saturated rings. The van der Waals surface area contributed by atoms with E-state index >= 15 is 0 Å². The standard InChI is InChI=1S/C24H17ClFN3O4S/c1-33-23(32)14-7-9-17-20(11-14)28-24(29(22(17)31)16-5-3-2-4-6-16)34-13-21(30)27-19-10-8-15(26)12-18(19)25/h2-12H,13H2,1H3,(H,27,30). The smallest absolute Gasteiger partial charge is 0.337 e. The number of benzene rings is 3. The van der Waals surface area contributed by atoms with Crippen LogP contribution in [0.2, 0.25) is 5.02 Å². The van der Waals surface area contributed by atoms with Gasteiger partial charge in [-0.2, -0.15) is 0 Å². The van der Waals surface area contributed by atoms with Gasteiger partial charge in [0.2, 0.25) is 5.91 Å². The van der Waals surface area contributed by atoms with Crippen LogP contribution in [0.5, 0.6) is 0 Å². The Bertz CT molecular complexity index is 1460. The summed E-state index contributed by atoms with van der Waals surface area (Å²) in [4.78, 5) is 42.4. The second-order valence-electron chi connectivity index (χ2n) is 7.06. The molecule has 4 rings (SSSR count). The summed E-state index contributed by atoms with van der Waals surface area (Å²) in [5, 5.41) is 3.25. The predicted molar refractivity (Wildman–Crippen MR) is 129 cm³/mol. The van der Waals surface area contributed by atoms with Crippen molar-refractivity contribution >= 4 is 51.8 Å². The predicted octanol–water partition coefficient (Wildman–Crippen LogP) is 4.70. The van der Waals surface area contributed by atoms with Crippen LogP contribution in [0.25, 0.3) is 16.6 Å². The molecular weight excluding hydrogens is 481 g/mol. The fourth-order valence-corrected chi connectivity index (χ4v) is 4.25. The molecule has 3 aromatic carbocycles. The van der Waals surface area contributed by atoms with E-state index in [0.717, 1.165) is 17.8 Å². The number of aromatic nitrogens is 2. The van der Waals surface area contributed by atoms with Gasteiger partial charge in [-0.3, -0.25) is 14.2 Å². The molecule has 10 heteroatoms. The summed E-state index contributed by atoms with van der Waals surface area (Å²) in [7, 11) is 1.26. The molecular formula is C24H17ClFN3O4S. The van der Waals surface area contributed by atoms with E-state index in [0.29, 0.717) is 16.6 Å². The number of rotatable bonds is 6. The Labute approximate surface area is 202 Å². The van der Waals surface area contributed by atoms with Gasteiger partial charge in [0, 0.05) is 0 Å². The molecule has 0 spiro atoms. The monoisotopic (exact) mass is 497 g/mol. The number of hydrogen-bond acceptors (Lipinski definition) is 6. The first-order valence-electron chi connectivity index (χ1n) is 9.95. The van der Waals surface area contributed by atoms with Crippen molar-refractivity contribution in [2.75, 3.05) is 18.2 Å². The number of ether oxygens (including phenoxy) is 1. The second kappa shape index (κ2) is 10.1. The van der Waals surface area contributed by atoms with Crippen molar-refractivity contribution in [3.05, 3.63) is 93.5 Å². The Morgan fingerprint density at radius 3 is 2.59 bits per heavy atom. The van der Waals surface area contributed by atoms with Gasteiger partial charge in [0.05, 0.1) is 45.7 Å². The minimum atomic E-state index is -0.555. The Morgan fingerprint density at radius 2 is 1.88 bits per heavy atom. The normalized spacial score (nSPS) is 10.8. The highest BCUT2D eigenvalue weighted by Crippen LogP contribution is 2.25. The number of methoxy groups -OCH3 is 1. The number of halogens is 2. The maximum Gasteiger partial charge on any atom is 0.337 e. The Morgan fingerprint density at radius 1 is 1.12 bits per heavy atom. The highest BCUT2D eigenvalue weighted by molar-refractivity contribution is 7.99. The molecule has 0 radical (unpaired) electrons. The molecule has 0 aliphatic heterocycles. The zero-order valence-corrected chi connectivity index (χ0v) is 19.3. The number of hydrogen-bond donors (Lipinski definition) is 1. The van der Waals surface area contributed by atoms with E-state index in [-0.39, 0.29) is 32.7 Å². The van der Waals surface area contributed by atoms with Gasteiger partial charge in [-0.15, -0.1) is 0 Å². The number of thioether (sulfide) groups is 1. The number of para-hydroxylation sites is 1. The molecule has 0 bridgehead atoms. The van der Waals surface area contributed by atoms with Crippen LogP contribution in [-0.4, -0.2) is 34.3 Å². The van der Waals surface area contributed by atoms with Gasteiger partial charge in [-0.1, -0.05) is 41.6 Å². The van der Waals surface area contributed by atoms with Crippen molar-refractivity contribution in [2.24, 2.45) is 0 Å². The summed E-state index contributed by atoms with van der Waals surface area (Å²) in [6.07, 6.45) is 0. The highest BCUT2D eigenvalue weighted by atomic mass is 35.5. The van der Waals surface area contributed by atoms with E-state index in [2.05, 4.69) is 10.3 Å². The van der Waals surface area contributed by atoms with Crippen molar-refractivity contribution in [1.29, 1.82) is 0 Å². The molecule has 0 saturated carbocycles. The molecule has 4 aromatic rings. The third-order valence-corrected chi connectivity index (χ3v) is 6.06. The average molecular weight is 498 g/mol. The molecule has 1 heterocycles. The number of carbonyl (C=O) groups is 2. The van der Waals surface area contributed by atoms with Gasteiger partial charge in [0.15, 0.2) is 5.16 Å². The molecule has 0 aliphatic carbocycles. The number of nitrogens with zero attached hydrogens (tertiary/aromatic N) is 2. The number of amides is 1. The van der Waals surface area contributed by atoms with Gasteiger partial charge in [0.25, 0.3) is 5.56 Å². The van der Waals surface area contributed by atoms with Crippen LogP contribution in [0.1, 0.15) is 10.4 Å². The highest BCUT2D eigenvalue weighted by Gasteiger charge is 2.17. The van der Waals surface area contributed by atoms with Crippen molar-refractivity contribution in [3.63, 3.8) is 0 Å². The van der Waals surface area contributed by atoms with E-state index < -0.39 is 17.7 Å². The maximum absolute atomic E-state index is 13.4. The van der Waals surface area contributed by atoms with E-state index in [1.807, 2.05) is 6.07 Å². The molecule has 7 nitrogen and oxygen atoms in total. The first kappa shape index (κ1) is 23.5. The fraction of sp³-hybridized carbons (Fsp3) is 0.0833. The number of anilines is 1. The van der Waals surface area contributed by atoms with Crippen LogP contribution >= 0.6 is 23.4 Å². The number of carbonyl (C=O) groups excluding carboxylic acids is 2. The van der Waals surface area contributed by atoms with Crippen LogP contribution < -0.4 is 10.9 Å². The van der Waals surface area contributed by atoms with Crippen LogP contribution in [-0.2, 0) is 9.53 Å². The zero-order valence-electron chi connectivity index (χ0n) is 17.7. The molecule has 34 heavy (non-hydrogen) atoms. The summed E-state index contributed by atoms with van der Waals surface area (Å²) >= 11 is 7.01. The third kappa shape index (κ3) is 4.95. The Hall–Kier alpha value is -3.69. The van der Waals surface area contributed by atoms with Crippen molar-refractivity contribution in [3.8, 4) is 5.69 Å². The van der Waals surface area contributed by atoms with Gasteiger partial charge in [0.1, 0.15) is 5.82 Å². The van der Waals surface area contributed by atoms with Crippen molar-refractivity contribution in [1.82, 2.24) is 9.55 Å². The minimum absolute atomic E-state index is 0.0683. The lowest BCUT2D eigenvalue weighted by molar-refractivity contribution is -0.113. The molecule has 172 valence electrons. The number of fused-ring (bicyclic) bond motifs is 1. The van der Waals surface area contributed by atoms with Crippen LogP contribution in [0, 0.1) is 5.82 Å². The Kier molecular flexibility index (Phi) is 6.95. The van der Waals surface area contributed by atoms with Crippen LogP contribution in [0.4, 0.5) is 10.1 Å². The summed E-state index contributed by atoms with van der Waals surface area (Å²) in [5.74, 6) is -1.60. The third-order valence-electron chi connectivity index (χ3n) is 4.81. The average Bonchev–Trinajstić information content (AvgIpc) is 2.84. The molecule has 0 aliphatic rings. The summed E-state index contributed by atoms with van der Waals surface area (Å²) < 4.78 is 19.4. The van der Waals surface area contributed by atoms with E-state index in [1.54, 1.807) is 24.3 Å².